The number of hydrogen-bond donors (Lipinski definition) is 2. The van der Waals surface area contributed by atoms with Gasteiger partial charge < -0.3 is 24.7 Å². The highest BCUT2D eigenvalue weighted by molar-refractivity contribution is 7.18. The number of para-hydroxylation sites is 1. The normalized spacial score (nSPS) is 10.7. The van der Waals surface area contributed by atoms with E-state index >= 15 is 0 Å². The van der Waals surface area contributed by atoms with Crippen LogP contribution < -0.4 is 5.32 Å². The molecular weight excluding hydrogens is 458 g/mol. The molecule has 0 bridgehead atoms. The zero-order valence-electron chi connectivity index (χ0n) is 19.5. The van der Waals surface area contributed by atoms with Crippen LogP contribution in [0.4, 0.5) is 5.00 Å². The minimum atomic E-state index is -0.684. The van der Waals surface area contributed by atoms with E-state index in [1.54, 1.807) is 24.8 Å². The Morgan fingerprint density at radius 2 is 1.74 bits per heavy atom. The highest BCUT2D eigenvalue weighted by atomic mass is 32.1. The number of hydrogen-bond acceptors (Lipinski definition) is 7. The van der Waals surface area contributed by atoms with Crippen molar-refractivity contribution in [3.05, 3.63) is 52.0 Å². The number of benzene rings is 1. The molecule has 2 aromatic heterocycles. The third-order valence-corrected chi connectivity index (χ3v) is 6.40. The minimum Gasteiger partial charge on any atom is -0.462 e. The number of anilines is 1. The van der Waals surface area contributed by atoms with Crippen LogP contribution in [0.5, 0.6) is 0 Å². The summed E-state index contributed by atoms with van der Waals surface area (Å²) in [7, 11) is 0. The summed E-state index contributed by atoms with van der Waals surface area (Å²) in [6.45, 7) is 7.63. The van der Waals surface area contributed by atoms with Crippen molar-refractivity contribution in [1.29, 1.82) is 0 Å². The zero-order chi connectivity index (χ0) is 24.8. The molecule has 3 aromatic rings. The van der Waals surface area contributed by atoms with E-state index in [1.165, 1.54) is 0 Å². The van der Waals surface area contributed by atoms with Crippen molar-refractivity contribution in [2.24, 2.45) is 0 Å². The molecule has 2 N–H and O–H groups in total. The van der Waals surface area contributed by atoms with Crippen molar-refractivity contribution >= 4 is 51.0 Å². The third kappa shape index (κ3) is 5.28. The van der Waals surface area contributed by atoms with E-state index in [-0.39, 0.29) is 28.8 Å². The van der Waals surface area contributed by atoms with E-state index in [2.05, 4.69) is 10.3 Å². The fourth-order valence-corrected chi connectivity index (χ4v) is 4.64. The van der Waals surface area contributed by atoms with Crippen LogP contribution in [0.25, 0.3) is 10.9 Å². The fraction of sp³-hybridized carbons (Fsp3) is 0.333. The topological polar surface area (TPSA) is 118 Å². The Morgan fingerprint density at radius 3 is 2.38 bits per heavy atom. The zero-order valence-corrected chi connectivity index (χ0v) is 20.3. The summed E-state index contributed by atoms with van der Waals surface area (Å²) in [6, 6.07) is 9.00. The smallest absolute Gasteiger partial charge is 0.355 e. The molecule has 0 saturated heterocycles. The lowest BCUT2D eigenvalue weighted by atomic mass is 10.1. The first kappa shape index (κ1) is 25.0. The lowest BCUT2D eigenvalue weighted by Crippen LogP contribution is -2.30. The highest BCUT2D eigenvalue weighted by Crippen LogP contribution is 2.34. The highest BCUT2D eigenvalue weighted by Gasteiger charge is 2.28. The predicted octanol–water partition coefficient (Wildman–Crippen LogP) is 3.99. The number of nitrogens with zero attached hydrogens (tertiary/aromatic N) is 1. The van der Waals surface area contributed by atoms with Crippen molar-refractivity contribution in [2.75, 3.05) is 31.6 Å². The lowest BCUT2D eigenvalue weighted by molar-refractivity contribution is -0.119. The molecule has 0 unspecified atom stereocenters. The van der Waals surface area contributed by atoms with Gasteiger partial charge in [-0.1, -0.05) is 18.2 Å². The number of amides is 2. The van der Waals surface area contributed by atoms with E-state index in [4.69, 9.17) is 9.47 Å². The van der Waals surface area contributed by atoms with Gasteiger partial charge in [0, 0.05) is 24.0 Å². The Hall–Kier alpha value is -3.66. The molecule has 9 nitrogen and oxygen atoms in total. The number of ether oxygens (including phenoxy) is 2. The summed E-state index contributed by atoms with van der Waals surface area (Å²) in [5.41, 5.74) is 1.56. The Morgan fingerprint density at radius 1 is 1.03 bits per heavy atom. The number of rotatable bonds is 9. The number of aromatic nitrogens is 1. The van der Waals surface area contributed by atoms with Crippen LogP contribution >= 0.6 is 11.3 Å². The third-order valence-electron chi connectivity index (χ3n) is 5.21. The van der Waals surface area contributed by atoms with Gasteiger partial charge in [0.15, 0.2) is 6.61 Å². The molecule has 2 amide bonds. The first-order chi connectivity index (χ1) is 16.3. The summed E-state index contributed by atoms with van der Waals surface area (Å²) < 4.78 is 10.3. The number of carbonyl (C=O) groups excluding carboxylic acids is 4. The van der Waals surface area contributed by atoms with E-state index in [0.717, 1.165) is 22.2 Å². The second-order valence-electron chi connectivity index (χ2n) is 7.35. The second kappa shape index (κ2) is 11.0. The molecule has 0 atom stereocenters. The maximum Gasteiger partial charge on any atom is 0.355 e. The van der Waals surface area contributed by atoms with E-state index in [1.807, 2.05) is 38.1 Å². The lowest BCUT2D eigenvalue weighted by Gasteiger charge is -2.18. The van der Waals surface area contributed by atoms with Gasteiger partial charge in [0.25, 0.3) is 11.8 Å². The number of aromatic amines is 1. The minimum absolute atomic E-state index is 0.123. The molecule has 0 aliphatic heterocycles. The summed E-state index contributed by atoms with van der Waals surface area (Å²) in [5, 5.41) is 3.62. The number of thiophene rings is 1. The van der Waals surface area contributed by atoms with Crippen LogP contribution in [0.2, 0.25) is 0 Å². The molecule has 3 rings (SSSR count). The molecule has 0 aliphatic carbocycles. The van der Waals surface area contributed by atoms with Crippen molar-refractivity contribution in [3.63, 3.8) is 0 Å². The van der Waals surface area contributed by atoms with Crippen LogP contribution in [-0.4, -0.2) is 59.9 Å². The van der Waals surface area contributed by atoms with Crippen LogP contribution in [0, 0.1) is 6.92 Å². The summed E-state index contributed by atoms with van der Waals surface area (Å²) in [4.78, 5) is 55.3. The van der Waals surface area contributed by atoms with Crippen molar-refractivity contribution in [1.82, 2.24) is 9.88 Å². The van der Waals surface area contributed by atoms with Gasteiger partial charge in [-0.15, -0.1) is 11.3 Å². The Bertz CT molecular complexity index is 1190. The van der Waals surface area contributed by atoms with Gasteiger partial charge in [-0.2, -0.15) is 0 Å². The van der Waals surface area contributed by atoms with Gasteiger partial charge in [0.05, 0.1) is 17.0 Å². The van der Waals surface area contributed by atoms with Crippen LogP contribution in [0.3, 0.4) is 0 Å². The molecule has 10 heteroatoms. The Kier molecular flexibility index (Phi) is 8.06. The monoisotopic (exact) mass is 485 g/mol. The summed E-state index contributed by atoms with van der Waals surface area (Å²) in [5.74, 6) is -2.20. The van der Waals surface area contributed by atoms with Crippen molar-refractivity contribution in [3.8, 4) is 0 Å². The molecule has 0 saturated carbocycles. The fourth-order valence-electron chi connectivity index (χ4n) is 3.46. The van der Waals surface area contributed by atoms with Crippen molar-refractivity contribution < 1.29 is 28.7 Å². The molecule has 34 heavy (non-hydrogen) atoms. The van der Waals surface area contributed by atoms with Gasteiger partial charge in [0.1, 0.15) is 10.7 Å². The van der Waals surface area contributed by atoms with E-state index in [0.29, 0.717) is 23.5 Å². The molecule has 2 heterocycles. The van der Waals surface area contributed by atoms with Gasteiger partial charge in [-0.05, 0) is 45.4 Å². The maximum absolute atomic E-state index is 12.9. The standard InChI is InChI=1S/C24H27N3O6S/c1-5-27(6-2)22(29)20-14(4)19(24(31)32-7-3)21(34-20)26-18(28)13-33-23(30)17-12-15-10-8-9-11-16(15)25-17/h8-12,25H,5-7,13H2,1-4H3,(H,26,28). The molecule has 0 fully saturated rings. The Balaban J connectivity index is 1.76. The maximum atomic E-state index is 12.9. The van der Waals surface area contributed by atoms with E-state index in [9.17, 15) is 19.2 Å². The van der Waals surface area contributed by atoms with Crippen LogP contribution in [0.15, 0.2) is 30.3 Å². The molecule has 1 aromatic carbocycles. The quantitative estimate of drug-likeness (QED) is 0.443. The molecule has 180 valence electrons. The summed E-state index contributed by atoms with van der Waals surface area (Å²) in [6.07, 6.45) is 0. The first-order valence-electron chi connectivity index (χ1n) is 10.9. The predicted molar refractivity (Wildman–Crippen MR) is 129 cm³/mol. The van der Waals surface area contributed by atoms with Gasteiger partial charge in [0.2, 0.25) is 0 Å². The first-order valence-corrected chi connectivity index (χ1v) is 11.8. The number of fused-ring (bicyclic) bond motifs is 1. The molecular formula is C24H27N3O6S. The average Bonchev–Trinajstić information content (AvgIpc) is 3.39. The average molecular weight is 486 g/mol. The Labute approximate surface area is 201 Å². The SMILES string of the molecule is CCOC(=O)c1c(NC(=O)COC(=O)c2cc3ccccc3[nH]2)sc(C(=O)N(CC)CC)c1C. The largest absolute Gasteiger partial charge is 0.462 e. The van der Waals surface area contributed by atoms with Crippen LogP contribution in [0.1, 0.15) is 56.9 Å². The second-order valence-corrected chi connectivity index (χ2v) is 8.37. The number of nitrogens with one attached hydrogen (secondary N) is 2. The number of esters is 2. The van der Waals surface area contributed by atoms with Crippen molar-refractivity contribution in [2.45, 2.75) is 27.7 Å². The van der Waals surface area contributed by atoms with E-state index < -0.39 is 24.5 Å². The number of carbonyl (C=O) groups is 4. The van der Waals surface area contributed by atoms with Gasteiger partial charge in [-0.25, -0.2) is 9.59 Å². The molecule has 0 spiro atoms. The van der Waals surface area contributed by atoms with Gasteiger partial charge >= 0.3 is 11.9 Å². The molecule has 0 radical (unpaired) electrons. The van der Waals surface area contributed by atoms with Crippen LogP contribution in [-0.2, 0) is 14.3 Å². The number of H-pyrrole nitrogens is 1. The summed E-state index contributed by atoms with van der Waals surface area (Å²) >= 11 is 0.999. The molecule has 0 aliphatic rings. The van der Waals surface area contributed by atoms with Gasteiger partial charge in [-0.3, -0.25) is 9.59 Å².